The molecule has 0 saturated heterocycles. The van der Waals surface area contributed by atoms with E-state index in [1.165, 1.54) is 280 Å². The van der Waals surface area contributed by atoms with Crippen LogP contribution in [0.5, 0.6) is 11.5 Å². The van der Waals surface area contributed by atoms with E-state index in [1.807, 2.05) is 0 Å². The average Bonchev–Trinajstić information content (AvgIpc) is 0.644. The minimum absolute atomic E-state index is 0.0965. The fourth-order valence-corrected chi connectivity index (χ4v) is 17.6. The molecule has 0 radical (unpaired) electrons. The Hall–Kier alpha value is -7.66. The quantitative estimate of drug-likeness (QED) is 0.0212. The molecule has 15 aromatic rings. The maximum atomic E-state index is 6.41. The lowest BCUT2D eigenvalue weighted by molar-refractivity contribution is -0.0144. The molecule has 8 heteroatoms. The molecule has 0 spiro atoms. The number of fused-ring (bicyclic) bond motifs is 6. The second-order valence-corrected chi connectivity index (χ2v) is 29.8. The molecule has 0 N–H and O–H groups in total. The van der Waals surface area contributed by atoms with Crippen molar-refractivity contribution in [1.29, 1.82) is 0 Å². The predicted octanol–water partition coefficient (Wildman–Crippen LogP) is 25.3. The number of benzene rings is 15. The van der Waals surface area contributed by atoms with Crippen LogP contribution in [0.4, 0.5) is 0 Å². The summed E-state index contributed by atoms with van der Waals surface area (Å²) in [5, 5.41) is 33.3. The summed E-state index contributed by atoms with van der Waals surface area (Å²) in [6.07, 6.45) is 28.7. The van der Waals surface area contributed by atoms with E-state index in [1.54, 1.807) is 14.2 Å². The molecular formula is C94H106O8. The van der Waals surface area contributed by atoms with Gasteiger partial charge >= 0.3 is 0 Å². The number of methoxy groups -OCH3 is 2. The van der Waals surface area contributed by atoms with Crippen LogP contribution >= 0.6 is 0 Å². The van der Waals surface area contributed by atoms with E-state index in [-0.39, 0.29) is 12.2 Å². The van der Waals surface area contributed by atoms with Crippen molar-refractivity contribution in [1.82, 2.24) is 0 Å². The third-order valence-corrected chi connectivity index (χ3v) is 22.6. The molecule has 8 nitrogen and oxygen atoms in total. The van der Waals surface area contributed by atoms with Crippen molar-refractivity contribution in [2.45, 2.75) is 181 Å². The molecule has 102 heavy (non-hydrogen) atoms. The van der Waals surface area contributed by atoms with Crippen molar-refractivity contribution < 1.29 is 37.9 Å². The van der Waals surface area contributed by atoms with Crippen LogP contribution in [-0.2, 0) is 41.3 Å². The van der Waals surface area contributed by atoms with E-state index in [0.717, 1.165) is 35.5 Å². The second kappa shape index (κ2) is 32.6. The van der Waals surface area contributed by atoms with Gasteiger partial charge in [-0.25, -0.2) is 0 Å². The van der Waals surface area contributed by atoms with Crippen molar-refractivity contribution >= 4 is 129 Å². The highest BCUT2D eigenvalue weighted by Crippen LogP contribution is 2.61. The van der Waals surface area contributed by atoms with Gasteiger partial charge in [-0.15, -0.1) is 0 Å². The number of ether oxygens (including phenoxy) is 8. The Bertz CT molecular complexity index is 4840. The normalized spacial score (nSPS) is 13.2. The molecule has 2 atom stereocenters. The first-order valence-electron chi connectivity index (χ1n) is 39.4. The number of rotatable bonds is 44. The molecule has 15 rings (SSSR count). The SMILES string of the molecule is CCCCCCCCCCCCc1cc2c3cccc4c5cc(-c6ccc(OCC(C)OCCOCCOC)cc6)cc6c7cc(-c8ccc(OCC(C)OCCOCCOC)cc8)cc8c9cccc%10c%11cc(CCCCCCCCCCCC)cc%12c(c1)c2c1c(c34)c(c56)c(c87)c(c%109)c1c%11%12. The molecule has 0 saturated carbocycles. The molecule has 0 heterocycles. The number of hydrogen-bond donors (Lipinski definition) is 0. The van der Waals surface area contributed by atoms with E-state index >= 15 is 0 Å². The minimum atomic E-state index is -0.0965. The summed E-state index contributed by atoms with van der Waals surface area (Å²) in [5.41, 5.74) is 7.62. The van der Waals surface area contributed by atoms with Crippen molar-refractivity contribution in [2.24, 2.45) is 0 Å². The Morgan fingerprint density at radius 1 is 0.265 bits per heavy atom. The molecule has 15 aromatic carbocycles. The third-order valence-electron chi connectivity index (χ3n) is 22.6. The highest BCUT2D eigenvalue weighted by Gasteiger charge is 2.33. The molecule has 530 valence electrons. The summed E-state index contributed by atoms with van der Waals surface area (Å²) in [7, 11) is 3.38. The van der Waals surface area contributed by atoms with Gasteiger partial charge in [-0.2, -0.15) is 0 Å². The van der Waals surface area contributed by atoms with E-state index in [2.05, 4.69) is 161 Å². The molecule has 2 unspecified atom stereocenters. The highest BCUT2D eigenvalue weighted by atomic mass is 16.6. The lowest BCUT2D eigenvalue weighted by Crippen LogP contribution is -2.20. The van der Waals surface area contributed by atoms with Crippen LogP contribution in [0.2, 0.25) is 0 Å². The first kappa shape index (κ1) is 70.0. The van der Waals surface area contributed by atoms with Gasteiger partial charge < -0.3 is 37.9 Å². The third kappa shape index (κ3) is 14.0. The highest BCUT2D eigenvalue weighted by molar-refractivity contribution is 6.61. The standard InChI is InChI=1S/C94H106O8/c1-7-9-11-13-15-17-19-21-23-25-29-63-51-75-71-31-27-33-73-79-55-67(65-35-39-69(40-36-65)101-59-61(3)99-49-47-97-45-43-95-5)57-81-82-58-68(66-37-41-70(42-38-66)102-60-62(4)100-50-48-98-46-44-96-6)56-80-74-34-28-32-72-76-52-64(30-26-24-22-20-18-16-14-12-10-8-2)54-78-77(53-63)85(75)91-89(83(71)73)93(87(79)81)94(88(80)82)90(84(72)74)92(91)86(76)78/h27-28,31-42,51-58,61-62H,7-26,29-30,43-50,59-60H2,1-6H3. The van der Waals surface area contributed by atoms with Gasteiger partial charge in [-0.1, -0.05) is 214 Å². The summed E-state index contributed by atoms with van der Waals surface area (Å²) >= 11 is 0. The number of hydrogen-bond acceptors (Lipinski definition) is 8. The first-order chi connectivity index (χ1) is 50.3. The molecule has 0 aliphatic carbocycles. The van der Waals surface area contributed by atoms with E-state index in [0.29, 0.717) is 66.1 Å². The topological polar surface area (TPSA) is 73.8 Å². The maximum Gasteiger partial charge on any atom is 0.119 e. The van der Waals surface area contributed by atoms with Crippen molar-refractivity contribution in [3.05, 3.63) is 145 Å². The van der Waals surface area contributed by atoms with Crippen LogP contribution in [-0.4, -0.2) is 92.5 Å². The van der Waals surface area contributed by atoms with Crippen molar-refractivity contribution in [3.63, 3.8) is 0 Å². The maximum absolute atomic E-state index is 6.41. The van der Waals surface area contributed by atoms with Crippen LogP contribution in [0.25, 0.3) is 152 Å². The zero-order valence-corrected chi connectivity index (χ0v) is 61.7. The van der Waals surface area contributed by atoms with Gasteiger partial charge in [0.15, 0.2) is 0 Å². The van der Waals surface area contributed by atoms with Gasteiger partial charge in [0.25, 0.3) is 0 Å². The summed E-state index contributed by atoms with van der Waals surface area (Å²) in [5.74, 6) is 1.64. The summed E-state index contributed by atoms with van der Waals surface area (Å²) in [6.45, 7) is 13.9. The van der Waals surface area contributed by atoms with Gasteiger partial charge in [0, 0.05) is 14.2 Å². The van der Waals surface area contributed by atoms with Crippen molar-refractivity contribution in [2.75, 3.05) is 80.3 Å². The Kier molecular flexibility index (Phi) is 22.4. The number of unbranched alkanes of at least 4 members (excludes halogenated alkanes) is 18. The monoisotopic (exact) mass is 1360 g/mol. The van der Waals surface area contributed by atoms with Gasteiger partial charge in [-0.3, -0.25) is 0 Å². The summed E-state index contributed by atoms with van der Waals surface area (Å²) < 4.78 is 46.6. The second-order valence-electron chi connectivity index (χ2n) is 29.8. The van der Waals surface area contributed by atoms with Crippen molar-refractivity contribution in [3.8, 4) is 33.8 Å². The molecule has 0 aliphatic heterocycles. The molecule has 0 aliphatic rings. The van der Waals surface area contributed by atoms with E-state index in [9.17, 15) is 0 Å². The Morgan fingerprint density at radius 2 is 0.539 bits per heavy atom. The Balaban J connectivity index is 0.902. The Labute approximate surface area is 603 Å². The fraction of sp³-hybridized carbons (Fsp3) is 0.426. The van der Waals surface area contributed by atoms with Crippen LogP contribution < -0.4 is 9.47 Å². The van der Waals surface area contributed by atoms with Crippen LogP contribution in [0.3, 0.4) is 0 Å². The lowest BCUT2D eigenvalue weighted by atomic mass is 9.72. The predicted molar refractivity (Wildman–Crippen MR) is 433 cm³/mol. The molecule has 0 bridgehead atoms. The Morgan fingerprint density at radius 3 is 0.863 bits per heavy atom. The summed E-state index contributed by atoms with van der Waals surface area (Å²) in [6, 6.07) is 52.9. The molecule has 0 amide bonds. The minimum Gasteiger partial charge on any atom is -0.491 e. The zero-order valence-electron chi connectivity index (χ0n) is 61.7. The largest absolute Gasteiger partial charge is 0.491 e. The summed E-state index contributed by atoms with van der Waals surface area (Å²) in [4.78, 5) is 0. The molecule has 0 fully saturated rings. The van der Waals surface area contributed by atoms with Crippen LogP contribution in [0, 0.1) is 0 Å². The van der Waals surface area contributed by atoms with Gasteiger partial charge in [0.2, 0.25) is 0 Å². The zero-order chi connectivity index (χ0) is 69.5. The first-order valence-corrected chi connectivity index (χ1v) is 39.4. The van der Waals surface area contributed by atoms with Gasteiger partial charge in [0.05, 0.1) is 65.1 Å². The van der Waals surface area contributed by atoms with Gasteiger partial charge in [-0.05, 0) is 251 Å². The van der Waals surface area contributed by atoms with E-state index < -0.39 is 0 Å². The molecular weight excluding hydrogens is 1260 g/mol. The van der Waals surface area contributed by atoms with Crippen LogP contribution in [0.1, 0.15) is 167 Å². The van der Waals surface area contributed by atoms with E-state index in [4.69, 9.17) is 37.9 Å². The van der Waals surface area contributed by atoms with Gasteiger partial charge in [0.1, 0.15) is 24.7 Å². The number of aryl methyl sites for hydroxylation is 2. The van der Waals surface area contributed by atoms with Crippen LogP contribution in [0.15, 0.2) is 133 Å². The average molecular weight is 1360 g/mol. The lowest BCUT2D eigenvalue weighted by Gasteiger charge is -2.30. The fourth-order valence-electron chi connectivity index (χ4n) is 17.6. The molecule has 0 aromatic heterocycles. The smallest absolute Gasteiger partial charge is 0.119 e.